The van der Waals surface area contributed by atoms with Crippen molar-refractivity contribution in [1.82, 2.24) is 10.2 Å². The van der Waals surface area contributed by atoms with Crippen LogP contribution in [0, 0.1) is 0 Å². The quantitative estimate of drug-likeness (QED) is 0.622. The second-order valence-corrected chi connectivity index (χ2v) is 4.89. The van der Waals surface area contributed by atoms with Crippen LogP contribution < -0.4 is 5.32 Å². The van der Waals surface area contributed by atoms with Crippen LogP contribution in [0.4, 0.5) is 0 Å². The summed E-state index contributed by atoms with van der Waals surface area (Å²) in [6.07, 6.45) is 9.71. The molecule has 1 atom stereocenters. The Morgan fingerprint density at radius 1 is 1.20 bits per heavy atom. The van der Waals surface area contributed by atoms with Gasteiger partial charge in [-0.25, -0.2) is 0 Å². The fourth-order valence-corrected chi connectivity index (χ4v) is 2.36. The summed E-state index contributed by atoms with van der Waals surface area (Å²) in [6.45, 7) is 5.98. The zero-order chi connectivity index (χ0) is 10.9. The normalized spacial score (nSPS) is 22.4. The number of hydrogen-bond donors (Lipinski definition) is 1. The van der Waals surface area contributed by atoms with Crippen molar-refractivity contribution in [2.45, 2.75) is 57.9 Å². The number of hydrogen-bond acceptors (Lipinski definition) is 2. The first kappa shape index (κ1) is 13.0. The van der Waals surface area contributed by atoms with Crippen molar-refractivity contribution in [1.29, 1.82) is 0 Å². The van der Waals surface area contributed by atoms with E-state index in [1.807, 2.05) is 0 Å². The Kier molecular flexibility index (Phi) is 7.03. The molecule has 0 aromatic carbocycles. The standard InChI is InChI=1S/C13H28N2/c1-3-4-5-6-7-10-14-12-13-9-8-11-15(13)2/h13-14H,3-12H2,1-2H3. The van der Waals surface area contributed by atoms with E-state index < -0.39 is 0 Å². The van der Waals surface area contributed by atoms with Crippen LogP contribution in [-0.4, -0.2) is 37.6 Å². The second kappa shape index (κ2) is 8.12. The van der Waals surface area contributed by atoms with Crippen LogP contribution >= 0.6 is 0 Å². The summed E-state index contributed by atoms with van der Waals surface area (Å²) in [5.41, 5.74) is 0. The monoisotopic (exact) mass is 212 g/mol. The van der Waals surface area contributed by atoms with E-state index in [9.17, 15) is 0 Å². The molecule has 0 spiro atoms. The number of rotatable bonds is 8. The van der Waals surface area contributed by atoms with Crippen LogP contribution in [0.1, 0.15) is 51.9 Å². The molecule has 0 aliphatic carbocycles. The lowest BCUT2D eigenvalue weighted by Gasteiger charge is -2.19. The smallest absolute Gasteiger partial charge is 0.0218 e. The van der Waals surface area contributed by atoms with Gasteiger partial charge >= 0.3 is 0 Å². The van der Waals surface area contributed by atoms with Crippen molar-refractivity contribution < 1.29 is 0 Å². The summed E-state index contributed by atoms with van der Waals surface area (Å²) in [6, 6.07) is 0.806. The molecule has 90 valence electrons. The number of nitrogens with zero attached hydrogens (tertiary/aromatic N) is 1. The molecule has 1 N–H and O–H groups in total. The van der Waals surface area contributed by atoms with Crippen LogP contribution in [0.3, 0.4) is 0 Å². The zero-order valence-electron chi connectivity index (χ0n) is 10.6. The van der Waals surface area contributed by atoms with Gasteiger partial charge in [0, 0.05) is 12.6 Å². The topological polar surface area (TPSA) is 15.3 Å². The molecule has 1 unspecified atom stereocenters. The summed E-state index contributed by atoms with van der Waals surface area (Å²) in [4.78, 5) is 2.49. The van der Waals surface area contributed by atoms with Crippen molar-refractivity contribution in [2.24, 2.45) is 0 Å². The van der Waals surface area contributed by atoms with Gasteiger partial charge in [-0.1, -0.05) is 32.6 Å². The molecule has 2 nitrogen and oxygen atoms in total. The highest BCUT2D eigenvalue weighted by atomic mass is 15.2. The Labute approximate surface area is 95.4 Å². The predicted molar refractivity (Wildman–Crippen MR) is 67.3 cm³/mol. The average molecular weight is 212 g/mol. The number of nitrogens with one attached hydrogen (secondary N) is 1. The van der Waals surface area contributed by atoms with Gasteiger partial charge in [0.2, 0.25) is 0 Å². The summed E-state index contributed by atoms with van der Waals surface area (Å²) in [5.74, 6) is 0. The van der Waals surface area contributed by atoms with Crippen LogP contribution in [0.2, 0.25) is 0 Å². The highest BCUT2D eigenvalue weighted by Crippen LogP contribution is 2.13. The van der Waals surface area contributed by atoms with E-state index in [1.54, 1.807) is 0 Å². The maximum absolute atomic E-state index is 3.59. The zero-order valence-corrected chi connectivity index (χ0v) is 10.6. The molecule has 1 heterocycles. The fraction of sp³-hybridized carbons (Fsp3) is 1.00. The Hall–Kier alpha value is -0.0800. The van der Waals surface area contributed by atoms with Crippen molar-refractivity contribution in [3.8, 4) is 0 Å². The minimum atomic E-state index is 0.806. The van der Waals surface area contributed by atoms with Crippen molar-refractivity contribution in [3.63, 3.8) is 0 Å². The van der Waals surface area contributed by atoms with Gasteiger partial charge in [-0.2, -0.15) is 0 Å². The number of likely N-dealkylation sites (tertiary alicyclic amines) is 1. The summed E-state index contributed by atoms with van der Waals surface area (Å²) in [7, 11) is 2.25. The van der Waals surface area contributed by atoms with Gasteiger partial charge in [-0.15, -0.1) is 0 Å². The maximum Gasteiger partial charge on any atom is 0.0218 e. The Bertz CT molecular complexity index is 147. The SMILES string of the molecule is CCCCCCCNCC1CCCN1C. The van der Waals surface area contributed by atoms with E-state index in [-0.39, 0.29) is 0 Å². The molecule has 1 saturated heterocycles. The van der Waals surface area contributed by atoms with Crippen LogP contribution in [0.5, 0.6) is 0 Å². The minimum absolute atomic E-state index is 0.806. The molecule has 1 rings (SSSR count). The molecule has 2 heteroatoms. The Balaban J connectivity index is 1.84. The maximum atomic E-state index is 3.59. The molecule has 1 fully saturated rings. The Morgan fingerprint density at radius 3 is 2.67 bits per heavy atom. The molecule has 0 aromatic rings. The first-order valence-corrected chi connectivity index (χ1v) is 6.75. The average Bonchev–Trinajstić information content (AvgIpc) is 2.63. The van der Waals surface area contributed by atoms with E-state index in [0.29, 0.717) is 0 Å². The van der Waals surface area contributed by atoms with Gasteiger partial charge in [0.15, 0.2) is 0 Å². The van der Waals surface area contributed by atoms with E-state index in [1.165, 1.54) is 64.6 Å². The number of unbranched alkanes of at least 4 members (excludes halogenated alkanes) is 4. The number of likely N-dealkylation sites (N-methyl/N-ethyl adjacent to an activating group) is 1. The largest absolute Gasteiger partial charge is 0.315 e. The molecule has 0 saturated carbocycles. The van der Waals surface area contributed by atoms with Crippen LogP contribution in [0.25, 0.3) is 0 Å². The molecular formula is C13H28N2. The lowest BCUT2D eigenvalue weighted by atomic mass is 10.1. The molecule has 0 amide bonds. The van der Waals surface area contributed by atoms with Gasteiger partial charge in [0.1, 0.15) is 0 Å². The minimum Gasteiger partial charge on any atom is -0.315 e. The third-order valence-corrected chi connectivity index (χ3v) is 3.51. The molecule has 1 aliphatic heterocycles. The highest BCUT2D eigenvalue weighted by molar-refractivity contribution is 4.77. The fourth-order valence-electron chi connectivity index (χ4n) is 2.36. The second-order valence-electron chi connectivity index (χ2n) is 4.89. The molecule has 1 aliphatic rings. The molecule has 0 radical (unpaired) electrons. The summed E-state index contributed by atoms with van der Waals surface area (Å²) >= 11 is 0. The van der Waals surface area contributed by atoms with E-state index in [4.69, 9.17) is 0 Å². The Morgan fingerprint density at radius 2 is 2.00 bits per heavy atom. The molecular weight excluding hydrogens is 184 g/mol. The first-order valence-electron chi connectivity index (χ1n) is 6.75. The third-order valence-electron chi connectivity index (χ3n) is 3.51. The van der Waals surface area contributed by atoms with Gasteiger partial charge in [0.25, 0.3) is 0 Å². The molecule has 15 heavy (non-hydrogen) atoms. The van der Waals surface area contributed by atoms with E-state index in [2.05, 4.69) is 24.2 Å². The van der Waals surface area contributed by atoms with Crippen molar-refractivity contribution in [2.75, 3.05) is 26.7 Å². The van der Waals surface area contributed by atoms with E-state index in [0.717, 1.165) is 6.04 Å². The third kappa shape index (κ3) is 5.53. The van der Waals surface area contributed by atoms with E-state index >= 15 is 0 Å². The molecule has 0 aromatic heterocycles. The highest BCUT2D eigenvalue weighted by Gasteiger charge is 2.19. The van der Waals surface area contributed by atoms with Crippen LogP contribution in [-0.2, 0) is 0 Å². The summed E-state index contributed by atoms with van der Waals surface area (Å²) < 4.78 is 0. The lowest BCUT2D eigenvalue weighted by Crippen LogP contribution is -2.35. The van der Waals surface area contributed by atoms with Gasteiger partial charge < -0.3 is 10.2 Å². The van der Waals surface area contributed by atoms with Crippen molar-refractivity contribution in [3.05, 3.63) is 0 Å². The van der Waals surface area contributed by atoms with Gasteiger partial charge in [-0.3, -0.25) is 0 Å². The van der Waals surface area contributed by atoms with Gasteiger partial charge in [0.05, 0.1) is 0 Å². The summed E-state index contributed by atoms with van der Waals surface area (Å²) in [5, 5.41) is 3.59. The van der Waals surface area contributed by atoms with Crippen molar-refractivity contribution >= 4 is 0 Å². The van der Waals surface area contributed by atoms with Gasteiger partial charge in [-0.05, 0) is 39.4 Å². The lowest BCUT2D eigenvalue weighted by molar-refractivity contribution is 0.300. The predicted octanol–water partition coefficient (Wildman–Crippen LogP) is 2.64. The first-order chi connectivity index (χ1) is 7.34. The molecule has 0 bridgehead atoms. The van der Waals surface area contributed by atoms with Crippen LogP contribution in [0.15, 0.2) is 0 Å².